The predicted octanol–water partition coefficient (Wildman–Crippen LogP) is 3.45. The molecule has 29 heavy (non-hydrogen) atoms. The zero-order valence-corrected chi connectivity index (χ0v) is 17.7. The van der Waals surface area contributed by atoms with Crippen LogP contribution >= 0.6 is 23.2 Å². The standard InChI is InChI=1S/C13H14ClNO4.C6H7ClN2O/c1-3-19-13(17)8-4-7(8)12(16)9-6-15-11(14)5-10(9)18-2;1-10-5-2-6(7)9-3-4(5)8/h5-8H,3-4H2,1-2H3;2-3H,8H2,1H3. The predicted molar refractivity (Wildman–Crippen MR) is 109 cm³/mol. The Hall–Kier alpha value is -2.58. The van der Waals surface area contributed by atoms with E-state index in [-0.39, 0.29) is 28.7 Å². The average Bonchev–Trinajstić information content (AvgIpc) is 3.51. The maximum absolute atomic E-state index is 12.2. The van der Waals surface area contributed by atoms with Crippen LogP contribution in [0.3, 0.4) is 0 Å². The summed E-state index contributed by atoms with van der Waals surface area (Å²) in [5.41, 5.74) is 6.30. The fraction of sp³-hybridized carbons (Fsp3) is 0.368. The number of hydrogen-bond acceptors (Lipinski definition) is 8. The molecule has 2 atom stereocenters. The fourth-order valence-corrected chi connectivity index (χ4v) is 2.86. The minimum absolute atomic E-state index is 0.154. The van der Waals surface area contributed by atoms with Crippen LogP contribution < -0.4 is 15.2 Å². The number of ether oxygens (including phenoxy) is 3. The van der Waals surface area contributed by atoms with E-state index in [9.17, 15) is 9.59 Å². The van der Waals surface area contributed by atoms with Gasteiger partial charge in [-0.2, -0.15) is 0 Å². The van der Waals surface area contributed by atoms with Crippen LogP contribution in [0.4, 0.5) is 5.69 Å². The van der Waals surface area contributed by atoms with Crippen LogP contribution in [0.2, 0.25) is 10.3 Å². The van der Waals surface area contributed by atoms with E-state index in [4.69, 9.17) is 43.1 Å². The van der Waals surface area contributed by atoms with Crippen LogP contribution in [0.25, 0.3) is 0 Å². The van der Waals surface area contributed by atoms with Gasteiger partial charge in [0.1, 0.15) is 21.8 Å². The van der Waals surface area contributed by atoms with Crippen LogP contribution in [0.15, 0.2) is 24.5 Å². The SMILES string of the molecule is CCOC(=O)C1CC1C(=O)c1cnc(Cl)cc1OC.COc1cc(Cl)ncc1N. The molecule has 0 amide bonds. The fourth-order valence-electron chi connectivity index (χ4n) is 2.56. The number of Topliss-reactive ketones (excluding diaryl/α,β-unsaturated/α-hetero) is 1. The first-order chi connectivity index (χ1) is 13.8. The van der Waals surface area contributed by atoms with Crippen molar-refractivity contribution >= 4 is 40.6 Å². The molecule has 2 aromatic heterocycles. The largest absolute Gasteiger partial charge is 0.496 e. The van der Waals surface area contributed by atoms with Gasteiger partial charge in [0.25, 0.3) is 0 Å². The Kier molecular flexibility index (Phi) is 8.04. The van der Waals surface area contributed by atoms with Gasteiger partial charge in [-0.25, -0.2) is 9.97 Å². The number of carbonyl (C=O) groups excluding carboxylic acids is 2. The summed E-state index contributed by atoms with van der Waals surface area (Å²) in [5, 5.41) is 0.636. The first-order valence-electron chi connectivity index (χ1n) is 8.67. The maximum Gasteiger partial charge on any atom is 0.309 e. The Labute approximate surface area is 178 Å². The van der Waals surface area contributed by atoms with Crippen molar-refractivity contribution < 1.29 is 23.8 Å². The van der Waals surface area contributed by atoms with Crippen LogP contribution in [-0.4, -0.2) is 42.5 Å². The number of hydrogen-bond donors (Lipinski definition) is 1. The van der Waals surface area contributed by atoms with Crippen molar-refractivity contribution in [3.8, 4) is 11.5 Å². The smallest absolute Gasteiger partial charge is 0.309 e. The van der Waals surface area contributed by atoms with E-state index in [0.717, 1.165) is 0 Å². The van der Waals surface area contributed by atoms with Crippen molar-refractivity contribution in [3.63, 3.8) is 0 Å². The molecule has 0 saturated heterocycles. The van der Waals surface area contributed by atoms with Crippen molar-refractivity contribution in [2.45, 2.75) is 13.3 Å². The molecule has 0 aromatic carbocycles. The molecule has 10 heteroatoms. The molecular weight excluding hydrogens is 421 g/mol. The zero-order chi connectivity index (χ0) is 21.6. The second-order valence-electron chi connectivity index (χ2n) is 6.02. The van der Waals surface area contributed by atoms with Gasteiger partial charge in [0.15, 0.2) is 5.78 Å². The normalized spacial score (nSPS) is 16.9. The topological polar surface area (TPSA) is 114 Å². The Bertz CT molecular complexity index is 894. The number of halogens is 2. The van der Waals surface area contributed by atoms with Gasteiger partial charge in [-0.05, 0) is 13.3 Å². The Balaban J connectivity index is 0.000000253. The van der Waals surface area contributed by atoms with Crippen molar-refractivity contribution in [1.82, 2.24) is 9.97 Å². The van der Waals surface area contributed by atoms with Gasteiger partial charge in [-0.1, -0.05) is 23.2 Å². The third-order valence-electron chi connectivity index (χ3n) is 4.12. The highest BCUT2D eigenvalue weighted by Gasteiger charge is 2.49. The molecule has 0 spiro atoms. The lowest BCUT2D eigenvalue weighted by molar-refractivity contribution is -0.144. The van der Waals surface area contributed by atoms with E-state index in [1.165, 1.54) is 32.7 Å². The first kappa shape index (κ1) is 22.7. The molecule has 0 aliphatic heterocycles. The monoisotopic (exact) mass is 441 g/mol. The van der Waals surface area contributed by atoms with Gasteiger partial charge in [0.05, 0.1) is 44.2 Å². The first-order valence-corrected chi connectivity index (χ1v) is 9.43. The minimum Gasteiger partial charge on any atom is -0.496 e. The number of nitrogen functional groups attached to an aromatic ring is 1. The van der Waals surface area contributed by atoms with Gasteiger partial charge in [-0.3, -0.25) is 9.59 Å². The van der Waals surface area contributed by atoms with Gasteiger partial charge in [-0.15, -0.1) is 0 Å². The highest BCUT2D eigenvalue weighted by Crippen LogP contribution is 2.43. The number of ketones is 1. The van der Waals surface area contributed by atoms with Crippen LogP contribution in [0, 0.1) is 11.8 Å². The van der Waals surface area contributed by atoms with Crippen LogP contribution in [0.1, 0.15) is 23.7 Å². The van der Waals surface area contributed by atoms with Gasteiger partial charge in [0.2, 0.25) is 0 Å². The second-order valence-corrected chi connectivity index (χ2v) is 6.80. The van der Waals surface area contributed by atoms with Crippen LogP contribution in [0.5, 0.6) is 11.5 Å². The van der Waals surface area contributed by atoms with E-state index in [0.29, 0.717) is 40.9 Å². The number of rotatable bonds is 6. The van der Waals surface area contributed by atoms with E-state index < -0.39 is 0 Å². The molecule has 1 aliphatic carbocycles. The van der Waals surface area contributed by atoms with E-state index in [1.807, 2.05) is 0 Å². The molecule has 2 heterocycles. The van der Waals surface area contributed by atoms with Crippen LogP contribution in [-0.2, 0) is 9.53 Å². The zero-order valence-electron chi connectivity index (χ0n) is 16.1. The summed E-state index contributed by atoms with van der Waals surface area (Å²) in [7, 11) is 2.99. The van der Waals surface area contributed by atoms with Gasteiger partial charge < -0.3 is 19.9 Å². The molecular formula is C19H21Cl2N3O5. The number of pyridine rings is 2. The Morgan fingerprint density at radius 1 is 1.07 bits per heavy atom. The minimum atomic E-state index is -0.340. The summed E-state index contributed by atoms with van der Waals surface area (Å²) < 4.78 is 14.9. The molecule has 8 nitrogen and oxygen atoms in total. The number of carbonyl (C=O) groups is 2. The summed E-state index contributed by atoms with van der Waals surface area (Å²) in [5.74, 6) is -0.218. The average molecular weight is 442 g/mol. The second kappa shape index (κ2) is 10.3. The molecule has 1 fully saturated rings. The van der Waals surface area contributed by atoms with Crippen molar-refractivity contribution in [1.29, 1.82) is 0 Å². The number of nitrogens with two attached hydrogens (primary N) is 1. The van der Waals surface area contributed by atoms with Gasteiger partial charge >= 0.3 is 5.97 Å². The third-order valence-corrected chi connectivity index (χ3v) is 4.53. The summed E-state index contributed by atoms with van der Waals surface area (Å²) in [4.78, 5) is 31.4. The number of nitrogens with zero attached hydrogens (tertiary/aromatic N) is 2. The highest BCUT2D eigenvalue weighted by atomic mass is 35.5. The third kappa shape index (κ3) is 5.95. The molecule has 3 rings (SSSR count). The summed E-state index contributed by atoms with van der Waals surface area (Å²) in [6, 6.07) is 3.05. The van der Waals surface area contributed by atoms with Crippen molar-refractivity contribution in [2.24, 2.45) is 11.8 Å². The van der Waals surface area contributed by atoms with Crippen molar-refractivity contribution in [3.05, 3.63) is 40.4 Å². The lowest BCUT2D eigenvalue weighted by Crippen LogP contribution is -2.12. The molecule has 1 saturated carbocycles. The molecule has 2 N–H and O–H groups in total. The number of anilines is 1. The quantitative estimate of drug-likeness (QED) is 0.411. The van der Waals surface area contributed by atoms with Gasteiger partial charge in [0, 0.05) is 24.2 Å². The Morgan fingerprint density at radius 3 is 2.21 bits per heavy atom. The Morgan fingerprint density at radius 2 is 1.66 bits per heavy atom. The molecule has 2 aromatic rings. The number of methoxy groups -OCH3 is 2. The van der Waals surface area contributed by atoms with E-state index in [1.54, 1.807) is 13.0 Å². The summed E-state index contributed by atoms with van der Waals surface area (Å²) >= 11 is 11.3. The molecule has 0 bridgehead atoms. The number of esters is 1. The highest BCUT2D eigenvalue weighted by molar-refractivity contribution is 6.30. The lowest BCUT2D eigenvalue weighted by atomic mass is 10.1. The summed E-state index contributed by atoms with van der Waals surface area (Å²) in [6.07, 6.45) is 3.36. The number of aromatic nitrogens is 2. The molecule has 1 aliphatic rings. The van der Waals surface area contributed by atoms with E-state index in [2.05, 4.69) is 9.97 Å². The molecule has 156 valence electrons. The molecule has 2 unspecified atom stereocenters. The maximum atomic E-state index is 12.2. The lowest BCUT2D eigenvalue weighted by Gasteiger charge is -2.07. The van der Waals surface area contributed by atoms with Crippen molar-refractivity contribution in [2.75, 3.05) is 26.6 Å². The van der Waals surface area contributed by atoms with E-state index >= 15 is 0 Å². The molecule has 0 radical (unpaired) electrons. The summed E-state index contributed by atoms with van der Waals surface area (Å²) in [6.45, 7) is 2.06.